The van der Waals surface area contributed by atoms with Crippen LogP contribution in [0.3, 0.4) is 0 Å². The lowest BCUT2D eigenvalue weighted by Crippen LogP contribution is -2.60. The highest BCUT2D eigenvalue weighted by molar-refractivity contribution is 7.99. The average Bonchev–Trinajstić information content (AvgIpc) is 3.02. The summed E-state index contributed by atoms with van der Waals surface area (Å²) in [6.45, 7) is 8.76. The molecule has 0 unspecified atom stereocenters. The lowest BCUT2D eigenvalue weighted by molar-refractivity contribution is -0.134. The van der Waals surface area contributed by atoms with Crippen LogP contribution in [0.2, 0.25) is 0 Å². The molecule has 2 aliphatic rings. The zero-order valence-corrected chi connectivity index (χ0v) is 28.9. The van der Waals surface area contributed by atoms with Crippen LogP contribution >= 0.6 is 11.8 Å². The van der Waals surface area contributed by atoms with E-state index >= 15 is 0 Å². The van der Waals surface area contributed by atoms with Crippen molar-refractivity contribution in [2.24, 2.45) is 11.8 Å². The first-order chi connectivity index (χ1) is 22.6. The van der Waals surface area contributed by atoms with Crippen LogP contribution in [0.4, 0.5) is 0 Å². The maximum Gasteiger partial charge on any atom is 0.328 e. The van der Waals surface area contributed by atoms with Gasteiger partial charge < -0.3 is 31.1 Å². The fourth-order valence-electron chi connectivity index (χ4n) is 6.20. The monoisotopic (exact) mass is 683 g/mol. The molecule has 5 atom stereocenters. The predicted molar refractivity (Wildman–Crippen MR) is 185 cm³/mol. The number of phenols is 1. The first-order valence-corrected chi connectivity index (χ1v) is 17.3. The second kappa shape index (κ2) is 18.0. The maximum atomic E-state index is 13.5. The van der Waals surface area contributed by atoms with Crippen LogP contribution in [0, 0.1) is 18.8 Å². The number of piperidine rings is 1. The molecule has 2 fully saturated rings. The molecule has 4 rings (SSSR count). The molecular weight excluding hydrogens is 634 g/mol. The summed E-state index contributed by atoms with van der Waals surface area (Å²) in [7, 11) is 0. The summed E-state index contributed by atoms with van der Waals surface area (Å²) in [5.41, 5.74) is 0.543. The molecule has 1 saturated heterocycles. The number of aromatic hydroxyl groups is 1. The molecular formula is C36H49N3O8S. The van der Waals surface area contributed by atoms with Gasteiger partial charge in [-0.05, 0) is 76.6 Å². The number of aliphatic hydroxyl groups excluding tert-OH is 1. The number of aliphatic carboxylic acids is 2. The third-order valence-electron chi connectivity index (χ3n) is 8.60. The molecule has 2 aromatic rings. The molecule has 0 aromatic heterocycles. The largest absolute Gasteiger partial charge is 0.508 e. The standard InChI is InChI=1S/C32H45N3O4S.C4H4O4/c1-21-25(15-10-16-28(21)36)30(38)33-26(20-40-24-13-6-5-7-14-24)29(37)19-35-18-23-12-9-8-11-22(23)17-27(35)31(39)34-32(2,3)4;5-3(6)1-2-4(7)8/h5-7,10,13-16,22-23,26-27,29,36-37H,8-9,11-12,17-20H2,1-4H3,(H,33,38)(H,34,39);1-2H,(H,5,6)(H,7,8)/b;2-1+/t22-,23+,26-,27-,29+;/m0./s1. The zero-order chi connectivity index (χ0) is 35.4. The van der Waals surface area contributed by atoms with Crippen molar-refractivity contribution in [1.82, 2.24) is 15.5 Å². The van der Waals surface area contributed by atoms with Gasteiger partial charge in [0.1, 0.15) is 5.75 Å². The third kappa shape index (κ3) is 12.3. The van der Waals surface area contributed by atoms with Crippen LogP contribution in [0.5, 0.6) is 5.75 Å². The van der Waals surface area contributed by atoms with Crippen molar-refractivity contribution in [3.63, 3.8) is 0 Å². The number of carboxylic acid groups (broad SMARTS) is 2. The smallest absolute Gasteiger partial charge is 0.328 e. The highest BCUT2D eigenvalue weighted by Crippen LogP contribution is 2.39. The topological polar surface area (TPSA) is 176 Å². The number of aliphatic hydroxyl groups is 1. The summed E-state index contributed by atoms with van der Waals surface area (Å²) in [6.07, 6.45) is 5.79. The van der Waals surface area contributed by atoms with Crippen molar-refractivity contribution in [1.29, 1.82) is 0 Å². The van der Waals surface area contributed by atoms with Gasteiger partial charge in [-0.15, -0.1) is 11.8 Å². The number of nitrogens with one attached hydrogen (secondary N) is 2. The van der Waals surface area contributed by atoms with E-state index in [9.17, 15) is 29.4 Å². The van der Waals surface area contributed by atoms with Gasteiger partial charge in [0, 0.05) is 52.6 Å². The number of hydrogen-bond acceptors (Lipinski definition) is 8. The first-order valence-electron chi connectivity index (χ1n) is 16.3. The van der Waals surface area contributed by atoms with E-state index in [2.05, 4.69) is 15.5 Å². The number of hydrogen-bond donors (Lipinski definition) is 6. The van der Waals surface area contributed by atoms with Crippen LogP contribution in [-0.4, -0.2) is 91.6 Å². The summed E-state index contributed by atoms with van der Waals surface area (Å²) in [6, 6.07) is 13.9. The first kappa shape index (κ1) is 38.6. The molecule has 48 heavy (non-hydrogen) atoms. The minimum Gasteiger partial charge on any atom is -0.508 e. The van der Waals surface area contributed by atoms with Crippen LogP contribution in [-0.2, 0) is 14.4 Å². The number of likely N-dealkylation sites (tertiary alicyclic amines) is 1. The van der Waals surface area contributed by atoms with Crippen molar-refractivity contribution < 1.29 is 39.6 Å². The molecule has 1 saturated carbocycles. The van der Waals surface area contributed by atoms with Gasteiger partial charge in [-0.1, -0.05) is 43.5 Å². The lowest BCUT2D eigenvalue weighted by Gasteiger charge is -2.47. The summed E-state index contributed by atoms with van der Waals surface area (Å²) < 4.78 is 0. The summed E-state index contributed by atoms with van der Waals surface area (Å²) in [5, 5.41) is 43.6. The van der Waals surface area contributed by atoms with E-state index in [1.807, 2.05) is 51.1 Å². The van der Waals surface area contributed by atoms with E-state index in [0.29, 0.717) is 47.4 Å². The van der Waals surface area contributed by atoms with Gasteiger partial charge in [-0.25, -0.2) is 9.59 Å². The van der Waals surface area contributed by atoms with Crippen LogP contribution < -0.4 is 10.6 Å². The van der Waals surface area contributed by atoms with Gasteiger partial charge in [0.05, 0.1) is 18.2 Å². The normalized spacial score (nSPS) is 20.8. The highest BCUT2D eigenvalue weighted by atomic mass is 32.2. The maximum absolute atomic E-state index is 13.5. The quantitative estimate of drug-likeness (QED) is 0.147. The SMILES string of the molecule is Cc1c(O)cccc1C(=O)N[C@@H](CSc1ccccc1)[C@H](O)CN1C[C@H]2CCCC[C@H]2C[C@H]1C(=O)NC(C)(C)C.O=C(O)/C=C/C(=O)O. The Hall–Kier alpha value is -3.87. The molecule has 2 aromatic carbocycles. The molecule has 1 heterocycles. The number of β-amino-alcohol motifs (C(OH)–C–C–N with tert-alkyl or cyclic N) is 1. The Labute approximate surface area is 286 Å². The molecule has 0 spiro atoms. The van der Waals surface area contributed by atoms with Gasteiger partial charge in [-0.3, -0.25) is 14.5 Å². The summed E-state index contributed by atoms with van der Waals surface area (Å²) in [5.74, 6) is -1.24. The second-order valence-electron chi connectivity index (χ2n) is 13.5. The lowest BCUT2D eigenvalue weighted by atomic mass is 9.72. The Morgan fingerprint density at radius 3 is 2.19 bits per heavy atom. The van der Waals surface area contributed by atoms with Gasteiger partial charge in [-0.2, -0.15) is 0 Å². The van der Waals surface area contributed by atoms with Crippen LogP contribution in [0.1, 0.15) is 68.8 Å². The Bertz CT molecular complexity index is 1410. The molecule has 262 valence electrons. The molecule has 0 radical (unpaired) electrons. The molecule has 11 nitrogen and oxygen atoms in total. The summed E-state index contributed by atoms with van der Waals surface area (Å²) >= 11 is 1.57. The van der Waals surface area contributed by atoms with E-state index in [0.717, 1.165) is 30.7 Å². The molecule has 1 aliphatic heterocycles. The number of thioether (sulfide) groups is 1. The average molecular weight is 684 g/mol. The number of carboxylic acids is 2. The van der Waals surface area contributed by atoms with E-state index in [4.69, 9.17) is 10.2 Å². The van der Waals surface area contributed by atoms with Gasteiger partial charge in [0.15, 0.2) is 0 Å². The van der Waals surface area contributed by atoms with Gasteiger partial charge >= 0.3 is 11.9 Å². The number of amides is 2. The fraction of sp³-hybridized carbons (Fsp3) is 0.500. The number of phenolic OH excluding ortho intramolecular Hbond substituents is 1. The number of rotatable bonds is 11. The number of carbonyl (C=O) groups excluding carboxylic acids is 2. The molecule has 6 N–H and O–H groups in total. The number of benzene rings is 2. The van der Waals surface area contributed by atoms with Crippen molar-refractivity contribution in [3.05, 3.63) is 71.8 Å². The number of fused-ring (bicyclic) bond motifs is 1. The molecule has 0 bridgehead atoms. The van der Waals surface area contributed by atoms with E-state index in [1.54, 1.807) is 36.9 Å². The minimum absolute atomic E-state index is 0.0124. The predicted octanol–water partition coefficient (Wildman–Crippen LogP) is 4.46. The highest BCUT2D eigenvalue weighted by Gasteiger charge is 2.41. The Morgan fingerprint density at radius 2 is 1.58 bits per heavy atom. The molecule has 1 aliphatic carbocycles. The van der Waals surface area contributed by atoms with Crippen molar-refractivity contribution in [2.75, 3.05) is 18.8 Å². The number of nitrogens with zero attached hydrogens (tertiary/aromatic N) is 1. The number of carbonyl (C=O) groups is 4. The fourth-order valence-corrected chi connectivity index (χ4v) is 7.23. The summed E-state index contributed by atoms with van der Waals surface area (Å²) in [4.78, 5) is 49.1. The Balaban J connectivity index is 0.000000694. The van der Waals surface area contributed by atoms with Crippen LogP contribution in [0.15, 0.2) is 65.6 Å². The van der Waals surface area contributed by atoms with E-state index in [-0.39, 0.29) is 29.1 Å². The van der Waals surface area contributed by atoms with Crippen molar-refractivity contribution in [2.45, 2.75) is 88.4 Å². The van der Waals surface area contributed by atoms with E-state index in [1.165, 1.54) is 12.8 Å². The van der Waals surface area contributed by atoms with E-state index < -0.39 is 24.1 Å². The van der Waals surface area contributed by atoms with Crippen molar-refractivity contribution in [3.8, 4) is 5.75 Å². The minimum atomic E-state index is -1.26. The third-order valence-corrected chi connectivity index (χ3v) is 9.73. The van der Waals surface area contributed by atoms with Gasteiger partial charge in [0.2, 0.25) is 5.91 Å². The Kier molecular flexibility index (Phi) is 14.5. The van der Waals surface area contributed by atoms with Gasteiger partial charge in [0.25, 0.3) is 5.91 Å². The molecule has 2 amide bonds. The molecule has 12 heteroatoms. The van der Waals surface area contributed by atoms with Crippen molar-refractivity contribution >= 4 is 35.5 Å². The van der Waals surface area contributed by atoms with Crippen LogP contribution in [0.25, 0.3) is 0 Å². The zero-order valence-electron chi connectivity index (χ0n) is 28.1. The Morgan fingerprint density at radius 1 is 0.958 bits per heavy atom. The second-order valence-corrected chi connectivity index (χ2v) is 14.6.